The number of benzene rings is 4. The zero-order chi connectivity index (χ0) is 33.2. The Balaban J connectivity index is 1.51. The van der Waals surface area contributed by atoms with Crippen LogP contribution >= 0.6 is 11.8 Å². The second kappa shape index (κ2) is 16.0. The van der Waals surface area contributed by atoms with Gasteiger partial charge in [0.1, 0.15) is 11.5 Å². The van der Waals surface area contributed by atoms with Gasteiger partial charge in [0.2, 0.25) is 5.91 Å². The standard InChI is InChI=1S/C36H33NO9S/c37-29(39)21-18-23-16-19-27(20-17-23)47-36-32(46-35(42)26-14-8-3-9-15-26)31(45-34(41)25-12-6-2-7-13-25)30(28(22-38)43-36)44-33(40)24-10-4-1-5-11-24/h1-17,19-20,28,30-32,36,38H,18,21-22H2,(H2,37,39)/t28-,30+,31+,32-,36+/m1/s1. The van der Waals surface area contributed by atoms with Crippen molar-refractivity contribution < 1.29 is 43.2 Å². The minimum atomic E-state index is -1.39. The minimum Gasteiger partial charge on any atom is -0.452 e. The summed E-state index contributed by atoms with van der Waals surface area (Å²) >= 11 is 1.17. The molecule has 0 aromatic heterocycles. The quantitative estimate of drug-likeness (QED) is 0.164. The van der Waals surface area contributed by atoms with Crippen LogP contribution in [0, 0.1) is 0 Å². The van der Waals surface area contributed by atoms with Gasteiger partial charge in [-0.25, -0.2) is 14.4 Å². The van der Waals surface area contributed by atoms with Crippen LogP contribution in [0.15, 0.2) is 120 Å². The number of thioether (sulfide) groups is 1. The van der Waals surface area contributed by atoms with Crippen molar-refractivity contribution in [1.29, 1.82) is 0 Å². The van der Waals surface area contributed by atoms with Crippen molar-refractivity contribution in [2.75, 3.05) is 6.61 Å². The molecule has 1 fully saturated rings. The Bertz CT molecular complexity index is 1650. The predicted octanol–water partition coefficient (Wildman–Crippen LogP) is 4.59. The van der Waals surface area contributed by atoms with Gasteiger partial charge < -0.3 is 29.8 Å². The molecule has 242 valence electrons. The summed E-state index contributed by atoms with van der Waals surface area (Å²) in [5.74, 6) is -2.62. The lowest BCUT2D eigenvalue weighted by Gasteiger charge is -2.44. The number of nitrogens with two attached hydrogens (primary N) is 1. The van der Waals surface area contributed by atoms with E-state index in [-0.39, 0.29) is 23.1 Å². The number of esters is 3. The maximum atomic E-state index is 13.5. The van der Waals surface area contributed by atoms with E-state index in [0.717, 1.165) is 5.56 Å². The van der Waals surface area contributed by atoms with E-state index in [2.05, 4.69) is 0 Å². The number of carbonyl (C=O) groups excluding carboxylic acids is 4. The van der Waals surface area contributed by atoms with Crippen LogP contribution in [0.25, 0.3) is 0 Å². The van der Waals surface area contributed by atoms with Crippen LogP contribution in [-0.4, -0.2) is 65.4 Å². The van der Waals surface area contributed by atoms with E-state index in [4.69, 9.17) is 24.7 Å². The number of aryl methyl sites for hydroxylation is 1. The van der Waals surface area contributed by atoms with E-state index in [1.165, 1.54) is 11.8 Å². The maximum absolute atomic E-state index is 13.5. The summed E-state index contributed by atoms with van der Waals surface area (Å²) < 4.78 is 24.2. The van der Waals surface area contributed by atoms with Gasteiger partial charge in [0, 0.05) is 11.3 Å². The molecule has 11 heteroatoms. The summed E-state index contributed by atoms with van der Waals surface area (Å²) in [4.78, 5) is 52.2. The zero-order valence-corrected chi connectivity index (χ0v) is 26.0. The van der Waals surface area contributed by atoms with E-state index >= 15 is 0 Å². The Hall–Kier alpha value is -4.97. The summed E-state index contributed by atoms with van der Waals surface area (Å²) in [7, 11) is 0. The lowest BCUT2D eigenvalue weighted by Crippen LogP contribution is -2.61. The third-order valence-electron chi connectivity index (χ3n) is 7.36. The van der Waals surface area contributed by atoms with Crippen molar-refractivity contribution in [2.45, 2.75) is 47.6 Å². The van der Waals surface area contributed by atoms with Crippen molar-refractivity contribution in [2.24, 2.45) is 5.73 Å². The van der Waals surface area contributed by atoms with Gasteiger partial charge in [0.05, 0.1) is 23.3 Å². The first-order valence-electron chi connectivity index (χ1n) is 14.9. The molecule has 5 atom stereocenters. The third kappa shape index (κ3) is 8.85. The molecule has 0 bridgehead atoms. The summed E-state index contributed by atoms with van der Waals surface area (Å²) in [6.07, 6.45) is -4.54. The number of primary amides is 1. The van der Waals surface area contributed by atoms with Crippen molar-refractivity contribution in [3.8, 4) is 0 Å². The lowest BCUT2D eigenvalue weighted by atomic mass is 9.98. The van der Waals surface area contributed by atoms with Crippen LogP contribution < -0.4 is 5.73 Å². The zero-order valence-electron chi connectivity index (χ0n) is 25.2. The van der Waals surface area contributed by atoms with Crippen molar-refractivity contribution in [3.63, 3.8) is 0 Å². The minimum absolute atomic E-state index is 0.200. The molecule has 5 rings (SSSR count). The molecule has 0 saturated carbocycles. The number of carbonyl (C=O) groups is 4. The average Bonchev–Trinajstić information content (AvgIpc) is 3.11. The molecule has 4 aromatic carbocycles. The second-order valence-electron chi connectivity index (χ2n) is 10.7. The lowest BCUT2D eigenvalue weighted by molar-refractivity contribution is -0.207. The van der Waals surface area contributed by atoms with Crippen LogP contribution in [0.3, 0.4) is 0 Å². The normalized spacial score (nSPS) is 20.5. The van der Waals surface area contributed by atoms with E-state index in [1.54, 1.807) is 103 Å². The van der Waals surface area contributed by atoms with Gasteiger partial charge >= 0.3 is 17.9 Å². The van der Waals surface area contributed by atoms with Gasteiger partial charge in [-0.1, -0.05) is 78.5 Å². The molecule has 0 radical (unpaired) electrons. The first kappa shape index (κ1) is 33.4. The number of amides is 1. The highest BCUT2D eigenvalue weighted by atomic mass is 32.2. The Morgan fingerprint density at radius 1 is 0.638 bits per heavy atom. The third-order valence-corrected chi connectivity index (χ3v) is 8.52. The molecule has 1 amide bonds. The highest BCUT2D eigenvalue weighted by molar-refractivity contribution is 7.99. The first-order valence-corrected chi connectivity index (χ1v) is 15.8. The molecule has 1 saturated heterocycles. The monoisotopic (exact) mass is 655 g/mol. The molecule has 10 nitrogen and oxygen atoms in total. The number of aliphatic hydroxyl groups is 1. The fourth-order valence-electron chi connectivity index (χ4n) is 4.96. The van der Waals surface area contributed by atoms with E-state index in [9.17, 15) is 24.3 Å². The number of rotatable bonds is 12. The molecule has 47 heavy (non-hydrogen) atoms. The largest absolute Gasteiger partial charge is 0.452 e. The van der Waals surface area contributed by atoms with Crippen LogP contribution in [0.5, 0.6) is 0 Å². The van der Waals surface area contributed by atoms with E-state index in [1.807, 2.05) is 12.1 Å². The molecule has 1 heterocycles. The maximum Gasteiger partial charge on any atom is 0.338 e. The second-order valence-corrected chi connectivity index (χ2v) is 11.8. The van der Waals surface area contributed by atoms with Crippen LogP contribution in [-0.2, 0) is 30.2 Å². The summed E-state index contributed by atoms with van der Waals surface area (Å²) in [6.45, 7) is -0.603. The first-order chi connectivity index (χ1) is 22.8. The predicted molar refractivity (Wildman–Crippen MR) is 172 cm³/mol. The molecule has 0 unspecified atom stereocenters. The summed E-state index contributed by atoms with van der Waals surface area (Å²) in [5.41, 5.74) is 5.84. The van der Waals surface area contributed by atoms with Crippen LogP contribution in [0.4, 0.5) is 0 Å². The fraction of sp³-hybridized carbons (Fsp3) is 0.222. The molecule has 0 spiro atoms. The number of hydrogen-bond acceptors (Lipinski definition) is 10. The summed E-state index contributed by atoms with van der Waals surface area (Å²) in [6, 6.07) is 31.9. The topological polar surface area (TPSA) is 151 Å². The van der Waals surface area contributed by atoms with Crippen molar-refractivity contribution in [3.05, 3.63) is 138 Å². The number of hydrogen-bond donors (Lipinski definition) is 2. The Kier molecular flexibility index (Phi) is 11.4. The smallest absolute Gasteiger partial charge is 0.338 e. The molecule has 3 N–H and O–H groups in total. The Morgan fingerprint density at radius 2 is 1.09 bits per heavy atom. The highest BCUT2D eigenvalue weighted by Gasteiger charge is 2.52. The molecule has 1 aliphatic rings. The van der Waals surface area contributed by atoms with Crippen LogP contribution in [0.1, 0.15) is 43.1 Å². The SMILES string of the molecule is NC(=O)CCc1ccc(S[C@@H]2O[C@H](CO)[C@H](OC(=O)c3ccccc3)[C@H](OC(=O)c3ccccc3)[C@H]2OC(=O)c2ccccc2)cc1. The van der Waals surface area contributed by atoms with Gasteiger partial charge in [0.25, 0.3) is 0 Å². The van der Waals surface area contributed by atoms with Crippen molar-refractivity contribution in [1.82, 2.24) is 0 Å². The number of ether oxygens (including phenoxy) is 4. The molecule has 1 aliphatic heterocycles. The summed E-state index contributed by atoms with van der Waals surface area (Å²) in [5, 5.41) is 10.5. The van der Waals surface area contributed by atoms with E-state index < -0.39 is 60.3 Å². The Morgan fingerprint density at radius 3 is 1.53 bits per heavy atom. The van der Waals surface area contributed by atoms with Gasteiger partial charge in [-0.05, 0) is 60.5 Å². The van der Waals surface area contributed by atoms with Gasteiger partial charge in [-0.15, -0.1) is 0 Å². The van der Waals surface area contributed by atoms with Crippen molar-refractivity contribution >= 4 is 35.6 Å². The van der Waals surface area contributed by atoms with Crippen LogP contribution in [0.2, 0.25) is 0 Å². The van der Waals surface area contributed by atoms with E-state index in [0.29, 0.717) is 11.3 Å². The number of aliphatic hydroxyl groups excluding tert-OH is 1. The van der Waals surface area contributed by atoms with Gasteiger partial charge in [-0.3, -0.25) is 4.79 Å². The van der Waals surface area contributed by atoms with Gasteiger partial charge in [0.15, 0.2) is 18.3 Å². The molecule has 4 aromatic rings. The highest BCUT2D eigenvalue weighted by Crippen LogP contribution is 2.38. The van der Waals surface area contributed by atoms with Gasteiger partial charge in [-0.2, -0.15) is 0 Å². The average molecular weight is 656 g/mol. The molecular formula is C36H33NO9S. The Labute approximate surface area is 275 Å². The molecule has 0 aliphatic carbocycles. The molecular weight excluding hydrogens is 622 g/mol. The fourth-order valence-corrected chi connectivity index (χ4v) is 6.06.